The first-order chi connectivity index (χ1) is 55.0. The maximum Gasteiger partial charge on any atom is 0.219 e. The molecule has 0 aliphatic heterocycles. The Labute approximate surface area is 655 Å². The number of phenolic OH excluding ortho intramolecular Hbond substituents is 1. The Bertz CT molecular complexity index is 6860. The molecule has 0 radical (unpaired) electrons. The van der Waals surface area contributed by atoms with Gasteiger partial charge in [0.2, 0.25) is 5.95 Å². The molecule has 18 N–H and O–H groups in total. The number of fused-ring (bicyclic) bond motifs is 8. The number of anilines is 7. The fourth-order valence-corrected chi connectivity index (χ4v) is 14.2. The number of aryl methyl sites for hydroxylation is 7. The number of thiophene rings is 2. The van der Waals surface area contributed by atoms with Crippen LogP contribution in [0.3, 0.4) is 0 Å². The summed E-state index contributed by atoms with van der Waals surface area (Å²) in [6, 6.07) is 22.9. The van der Waals surface area contributed by atoms with Gasteiger partial charge in [0.25, 0.3) is 0 Å². The van der Waals surface area contributed by atoms with Crippen LogP contribution in [-0.4, -0.2) is 161 Å². The number of nitrogens with zero attached hydrogens (tertiary/aromatic N) is 27. The number of aromatic hydroxyl groups is 1. The molecule has 17 heterocycles. The number of benzene rings is 3. The number of aromatic amines is 2. The number of nitrogens with one attached hydrogen (secondary N) is 2. The average molecular weight is 1580 g/mol. The van der Waals surface area contributed by atoms with Gasteiger partial charge >= 0.3 is 0 Å². The first-order valence-corrected chi connectivity index (χ1v) is 36.2. The number of aliphatic hydroxyl groups excluding tert-OH is 1. The molecular formula is C72H67ClN36O3S2. The third-order valence-corrected chi connectivity index (χ3v) is 20.0. The smallest absolute Gasteiger partial charge is 0.219 e. The monoisotopic (exact) mass is 1580 g/mol. The summed E-state index contributed by atoms with van der Waals surface area (Å²) in [6.45, 7) is 1.96. The number of phenols is 1. The highest BCUT2D eigenvalue weighted by Gasteiger charge is 2.23. The van der Waals surface area contributed by atoms with E-state index in [0.29, 0.717) is 79.6 Å². The maximum atomic E-state index is 9.68. The number of hydrogen-bond donors (Lipinski definition) is 11. The van der Waals surface area contributed by atoms with Gasteiger partial charge in [0.1, 0.15) is 119 Å². The van der Waals surface area contributed by atoms with Crippen molar-refractivity contribution in [2.45, 2.75) is 13.5 Å². The van der Waals surface area contributed by atoms with Crippen molar-refractivity contribution in [2.24, 2.45) is 42.3 Å². The maximum absolute atomic E-state index is 9.68. The second-order valence-electron chi connectivity index (χ2n) is 25.2. The number of nitrogens with two attached hydrogens (primary N) is 7. The number of aromatic nitrogens is 29. The summed E-state index contributed by atoms with van der Waals surface area (Å²) in [5, 5.41) is 56.1. The van der Waals surface area contributed by atoms with Gasteiger partial charge in [-0.05, 0) is 54.8 Å². The normalized spacial score (nSPS) is 11.2. The zero-order chi connectivity index (χ0) is 79.9. The zero-order valence-corrected chi connectivity index (χ0v) is 64.0. The first kappa shape index (κ1) is 74.4. The molecule has 0 saturated carbocycles. The fourth-order valence-electron chi connectivity index (χ4n) is 12.6. The lowest BCUT2D eigenvalue weighted by molar-refractivity contribution is 0.285. The van der Waals surface area contributed by atoms with Crippen molar-refractivity contribution in [3.63, 3.8) is 0 Å². The average Bonchev–Trinajstić information content (AvgIpc) is 1.65. The summed E-state index contributed by atoms with van der Waals surface area (Å²) >= 11 is 8.80. The Morgan fingerprint density at radius 3 is 1.18 bits per heavy atom. The third kappa shape index (κ3) is 14.3. The van der Waals surface area contributed by atoms with Gasteiger partial charge in [-0.25, -0.2) is 103 Å². The number of rotatable bonds is 8. The van der Waals surface area contributed by atoms with Crippen LogP contribution in [-0.2, 0) is 48.9 Å². The van der Waals surface area contributed by atoms with Crippen molar-refractivity contribution in [3.8, 4) is 78.4 Å². The van der Waals surface area contributed by atoms with Crippen molar-refractivity contribution in [1.82, 2.24) is 143 Å². The SMILES string of the molecule is COc1cc(-c2nn(C)c3ncnc(N)c23)cs1.Cc1nc2ccc(-c3nn(C)c4ncnc(N)c34)cc2[nH]1.Cn1nc(-c2ccc(Cl)c(O)c2)c2c(N)ncnc21.Cn1nc(-c2ccc3cc[nH]c3c2)c2c(N)ncnc21.Cn1nc(-c2cnc(N)nc2)c2c(N)ncnc21.Cn1nc(-c2csc(CO)c2)c2c(N)ncnc21. The number of ether oxygens (including phenoxy) is 1. The molecule has 39 nitrogen and oxygen atoms in total. The number of methoxy groups -OCH3 is 1. The summed E-state index contributed by atoms with van der Waals surface area (Å²) in [6.07, 6.45) is 13.7. The van der Waals surface area contributed by atoms with Gasteiger partial charge in [0, 0.05) is 121 Å². The van der Waals surface area contributed by atoms with Crippen LogP contribution in [0.25, 0.3) is 156 Å². The Kier molecular flexibility index (Phi) is 20.1. The number of nitrogen functional groups attached to an aromatic ring is 7. The largest absolute Gasteiger partial charge is 0.506 e. The summed E-state index contributed by atoms with van der Waals surface area (Å²) in [5.41, 5.74) is 57.8. The van der Waals surface area contributed by atoms with E-state index in [1.54, 1.807) is 73.8 Å². The van der Waals surface area contributed by atoms with Crippen molar-refractivity contribution in [1.29, 1.82) is 0 Å². The van der Waals surface area contributed by atoms with E-state index in [9.17, 15) is 5.11 Å². The van der Waals surface area contributed by atoms with Crippen LogP contribution in [0, 0.1) is 6.92 Å². The van der Waals surface area contributed by atoms with E-state index in [0.717, 1.165) is 121 Å². The fraction of sp³-hybridized carbons (Fsp3) is 0.125. The summed E-state index contributed by atoms with van der Waals surface area (Å²) in [7, 11) is 12.6. The van der Waals surface area contributed by atoms with Crippen molar-refractivity contribution >= 4 is 163 Å². The molecule has 0 atom stereocenters. The van der Waals surface area contributed by atoms with Crippen LogP contribution < -0.4 is 44.9 Å². The van der Waals surface area contributed by atoms with E-state index in [1.165, 1.54) is 72.1 Å². The molecule has 0 spiro atoms. The molecule has 0 unspecified atom stereocenters. The summed E-state index contributed by atoms with van der Waals surface area (Å²) in [5.74, 6) is 3.55. The Hall–Kier alpha value is -15.1. The lowest BCUT2D eigenvalue weighted by Crippen LogP contribution is -1.95. The molecule has 0 bridgehead atoms. The van der Waals surface area contributed by atoms with E-state index in [-0.39, 0.29) is 23.3 Å². The first-order valence-electron chi connectivity index (χ1n) is 34.0. The number of imidazole rings is 1. The molecule has 0 aliphatic rings. The molecule has 0 saturated heterocycles. The highest BCUT2D eigenvalue weighted by atomic mass is 35.5. The molecule has 20 aromatic rings. The minimum absolute atomic E-state index is 0.00612. The molecule has 0 amide bonds. The molecule has 17 aromatic heterocycles. The quantitative estimate of drug-likeness (QED) is 0.0677. The minimum Gasteiger partial charge on any atom is -0.506 e. The van der Waals surface area contributed by atoms with E-state index in [2.05, 4.69) is 127 Å². The van der Waals surface area contributed by atoms with Crippen molar-refractivity contribution in [2.75, 3.05) is 47.2 Å². The van der Waals surface area contributed by atoms with Crippen LogP contribution in [0.5, 0.6) is 10.8 Å². The van der Waals surface area contributed by atoms with Crippen LogP contribution >= 0.6 is 34.3 Å². The zero-order valence-electron chi connectivity index (χ0n) is 61.6. The highest BCUT2D eigenvalue weighted by molar-refractivity contribution is 7.12. The standard InChI is InChI=1S/C14H13N7.C14H12N6.C12H10ClN5O.2C11H11N5OS.C10H10N8/c1-7-18-9-4-3-8(5-10(9)19-7)12-11-13(15)16-6-17-14(11)21(2)20-12;1-20-14-11(13(15)17-7-18-14)12(19-20)9-3-2-8-4-5-16-10(8)6-9;1-18-12-9(11(14)15-5-16-12)10(17-18)6-2-3-7(13)8(19)4-6;1-16-11-8(10(12)13-5-14-11)9(15-16)6-3-7(17-2)18-4-6;1-16-11-8(10(12)13-5-14-11)9(15-16)6-2-7(3-17)18-4-6;1-18-9-6(8(11)15-4-16-9)7(17-18)5-2-13-10(12)14-3-5/h3-6H,1-2H3,(H,18,19)(H2,15,16,17);2-7,16H,1H3,(H2,15,17,18);2-5,19H,1H3,(H2,14,15,16);3-5H,1-2H3,(H2,12,13,14);2,4-5,17H,3H2,1H3,(H2,12,13,14);2-4H,1H3,(H2,11,15,16)(H2,12,13,14). The van der Waals surface area contributed by atoms with Gasteiger partial charge in [0.15, 0.2) is 38.9 Å². The molecule has 3 aromatic carbocycles. The van der Waals surface area contributed by atoms with E-state index < -0.39 is 0 Å². The van der Waals surface area contributed by atoms with Crippen LogP contribution in [0.4, 0.5) is 40.9 Å². The van der Waals surface area contributed by atoms with Gasteiger partial charge in [-0.3, -0.25) is 0 Å². The van der Waals surface area contributed by atoms with Crippen LogP contribution in [0.15, 0.2) is 140 Å². The van der Waals surface area contributed by atoms with Crippen LogP contribution in [0.1, 0.15) is 10.7 Å². The number of aliphatic hydroxyl groups is 1. The number of halogens is 1. The van der Waals surface area contributed by atoms with Crippen molar-refractivity contribution in [3.05, 3.63) is 156 Å². The lowest BCUT2D eigenvalue weighted by Gasteiger charge is -2.01. The Morgan fingerprint density at radius 2 is 0.789 bits per heavy atom. The minimum atomic E-state index is -0.00612. The molecule has 114 heavy (non-hydrogen) atoms. The molecule has 572 valence electrons. The van der Waals surface area contributed by atoms with Gasteiger partial charge in [-0.1, -0.05) is 35.9 Å². The number of H-pyrrole nitrogens is 2. The third-order valence-electron chi connectivity index (χ3n) is 17.9. The Morgan fingerprint density at radius 1 is 0.421 bits per heavy atom. The van der Waals surface area contributed by atoms with Crippen molar-refractivity contribution < 1.29 is 14.9 Å². The summed E-state index contributed by atoms with van der Waals surface area (Å²) in [4.78, 5) is 68.8. The van der Waals surface area contributed by atoms with Gasteiger partial charge < -0.3 is 65.1 Å². The summed E-state index contributed by atoms with van der Waals surface area (Å²) < 4.78 is 15.3. The lowest BCUT2D eigenvalue weighted by atomic mass is 10.1. The van der Waals surface area contributed by atoms with E-state index in [4.69, 9.17) is 61.6 Å². The van der Waals surface area contributed by atoms with Crippen LogP contribution in [0.2, 0.25) is 5.02 Å². The Balaban J connectivity index is 0.000000108. The van der Waals surface area contributed by atoms with E-state index in [1.807, 2.05) is 94.5 Å². The molecule has 20 rings (SSSR count). The van der Waals surface area contributed by atoms with Gasteiger partial charge in [-0.15, -0.1) is 22.7 Å². The number of hydrogen-bond acceptors (Lipinski definition) is 33. The molecule has 0 fully saturated rings. The molecular weight excluding hydrogens is 1520 g/mol. The molecule has 42 heteroatoms. The predicted octanol–water partition coefficient (Wildman–Crippen LogP) is 8.70. The van der Waals surface area contributed by atoms with Gasteiger partial charge in [0.05, 0.1) is 62.1 Å². The predicted molar refractivity (Wildman–Crippen MR) is 438 cm³/mol. The highest BCUT2D eigenvalue weighted by Crippen LogP contribution is 2.39. The molecule has 0 aliphatic carbocycles. The second kappa shape index (κ2) is 30.7. The topological polar surface area (TPSA) is 564 Å². The van der Waals surface area contributed by atoms with Gasteiger partial charge in [-0.2, -0.15) is 30.6 Å². The second-order valence-corrected chi connectivity index (χ2v) is 27.5. The van der Waals surface area contributed by atoms with E-state index >= 15 is 0 Å².